The molecule has 0 saturated heterocycles. The summed E-state index contributed by atoms with van der Waals surface area (Å²) in [6.07, 6.45) is 3.41. The van der Waals surface area contributed by atoms with Gasteiger partial charge in [0, 0.05) is 36.8 Å². The molecule has 29 heavy (non-hydrogen) atoms. The van der Waals surface area contributed by atoms with Crippen LogP contribution in [0, 0.1) is 0 Å². The van der Waals surface area contributed by atoms with Crippen LogP contribution in [0.2, 0.25) is 0 Å². The first-order chi connectivity index (χ1) is 14.1. The third-order valence-corrected chi connectivity index (χ3v) is 4.95. The monoisotopic (exact) mass is 413 g/mol. The van der Waals surface area contributed by atoms with Crippen molar-refractivity contribution in [1.29, 1.82) is 0 Å². The number of hydrogen-bond donors (Lipinski definition) is 1. The number of hydrogen-bond acceptors (Lipinski definition) is 7. The summed E-state index contributed by atoms with van der Waals surface area (Å²) >= 11 is 1.32. The molecular weight excluding hydrogens is 390 g/mol. The number of ether oxygens (including phenoxy) is 2. The SMILES string of the molecule is CCOc1ccc(NC(=O)CSc2nnc(-c3ccncc3)n2C)cc1OCC. The lowest BCUT2D eigenvalue weighted by Crippen LogP contribution is -2.14. The van der Waals surface area contributed by atoms with Crippen LogP contribution in [0.4, 0.5) is 5.69 Å². The molecule has 0 atom stereocenters. The number of thioether (sulfide) groups is 1. The fraction of sp³-hybridized carbons (Fsp3) is 0.300. The minimum absolute atomic E-state index is 0.143. The number of anilines is 1. The topological polar surface area (TPSA) is 91.2 Å². The molecular formula is C20H23N5O3S. The van der Waals surface area contributed by atoms with Crippen LogP contribution in [-0.2, 0) is 11.8 Å². The van der Waals surface area contributed by atoms with Crippen molar-refractivity contribution in [3.8, 4) is 22.9 Å². The molecule has 152 valence electrons. The highest BCUT2D eigenvalue weighted by atomic mass is 32.2. The summed E-state index contributed by atoms with van der Waals surface area (Å²) < 4.78 is 13.0. The van der Waals surface area contributed by atoms with Gasteiger partial charge in [0.05, 0.1) is 19.0 Å². The Kier molecular flexibility index (Phi) is 7.07. The van der Waals surface area contributed by atoms with Crippen molar-refractivity contribution in [1.82, 2.24) is 19.7 Å². The first-order valence-electron chi connectivity index (χ1n) is 9.24. The Morgan fingerprint density at radius 2 is 1.79 bits per heavy atom. The smallest absolute Gasteiger partial charge is 0.234 e. The van der Waals surface area contributed by atoms with Crippen molar-refractivity contribution in [3.05, 3.63) is 42.7 Å². The van der Waals surface area contributed by atoms with Crippen molar-refractivity contribution in [2.24, 2.45) is 7.05 Å². The number of rotatable bonds is 9. The Labute approximate surface area is 173 Å². The van der Waals surface area contributed by atoms with Crippen molar-refractivity contribution < 1.29 is 14.3 Å². The van der Waals surface area contributed by atoms with Crippen LogP contribution in [0.25, 0.3) is 11.4 Å². The average Bonchev–Trinajstić information content (AvgIpc) is 3.10. The number of amides is 1. The van der Waals surface area contributed by atoms with E-state index in [1.165, 1.54) is 11.8 Å². The van der Waals surface area contributed by atoms with Gasteiger partial charge in [-0.25, -0.2) is 0 Å². The van der Waals surface area contributed by atoms with E-state index in [-0.39, 0.29) is 11.7 Å². The lowest BCUT2D eigenvalue weighted by atomic mass is 10.2. The maximum absolute atomic E-state index is 12.4. The standard InChI is InChI=1S/C20H23N5O3S/c1-4-27-16-7-6-15(12-17(16)28-5-2)22-18(26)13-29-20-24-23-19(25(20)3)14-8-10-21-11-9-14/h6-12H,4-5,13H2,1-3H3,(H,22,26). The molecule has 0 aliphatic carbocycles. The molecule has 1 N–H and O–H groups in total. The molecule has 0 bridgehead atoms. The molecule has 2 aromatic heterocycles. The van der Waals surface area contributed by atoms with E-state index in [4.69, 9.17) is 9.47 Å². The van der Waals surface area contributed by atoms with Crippen LogP contribution in [0.3, 0.4) is 0 Å². The molecule has 9 heteroatoms. The van der Waals surface area contributed by atoms with E-state index in [0.717, 1.165) is 11.4 Å². The largest absolute Gasteiger partial charge is 0.490 e. The third kappa shape index (κ3) is 5.26. The van der Waals surface area contributed by atoms with Gasteiger partial charge in [0.2, 0.25) is 5.91 Å². The van der Waals surface area contributed by atoms with E-state index in [0.29, 0.717) is 35.6 Å². The average molecular weight is 414 g/mol. The lowest BCUT2D eigenvalue weighted by Gasteiger charge is -2.13. The second kappa shape index (κ2) is 9.92. The number of pyridine rings is 1. The minimum Gasteiger partial charge on any atom is -0.490 e. The Bertz CT molecular complexity index is 962. The molecule has 0 fully saturated rings. The molecule has 1 aromatic carbocycles. The third-order valence-electron chi connectivity index (χ3n) is 3.93. The van der Waals surface area contributed by atoms with Crippen LogP contribution < -0.4 is 14.8 Å². The molecule has 0 radical (unpaired) electrons. The Morgan fingerprint density at radius 1 is 1.07 bits per heavy atom. The van der Waals surface area contributed by atoms with Crippen LogP contribution in [0.15, 0.2) is 47.9 Å². The van der Waals surface area contributed by atoms with Gasteiger partial charge in [0.1, 0.15) is 0 Å². The summed E-state index contributed by atoms with van der Waals surface area (Å²) in [5.41, 5.74) is 1.57. The van der Waals surface area contributed by atoms with Crippen LogP contribution in [-0.4, -0.2) is 44.6 Å². The molecule has 3 rings (SSSR count). The number of aromatic nitrogens is 4. The maximum atomic E-state index is 12.4. The fourth-order valence-electron chi connectivity index (χ4n) is 2.65. The number of nitrogens with zero attached hydrogens (tertiary/aromatic N) is 4. The number of carbonyl (C=O) groups excluding carboxylic acids is 1. The quantitative estimate of drug-likeness (QED) is 0.538. The van der Waals surface area contributed by atoms with E-state index in [2.05, 4.69) is 20.5 Å². The summed E-state index contributed by atoms with van der Waals surface area (Å²) in [5.74, 6) is 2.05. The molecule has 1 amide bonds. The van der Waals surface area contributed by atoms with Crippen molar-refractivity contribution >= 4 is 23.4 Å². The first kappa shape index (κ1) is 20.7. The van der Waals surface area contributed by atoms with Crippen LogP contribution >= 0.6 is 11.8 Å². The highest BCUT2D eigenvalue weighted by Crippen LogP contribution is 2.31. The normalized spacial score (nSPS) is 10.6. The number of nitrogens with one attached hydrogen (secondary N) is 1. The Balaban J connectivity index is 1.62. The predicted molar refractivity (Wildman–Crippen MR) is 112 cm³/mol. The summed E-state index contributed by atoms with van der Waals surface area (Å²) in [5, 5.41) is 11.9. The van der Waals surface area contributed by atoms with Gasteiger partial charge < -0.3 is 19.4 Å². The fourth-order valence-corrected chi connectivity index (χ4v) is 3.36. The van der Waals surface area contributed by atoms with Gasteiger partial charge in [-0.3, -0.25) is 9.78 Å². The maximum Gasteiger partial charge on any atom is 0.234 e. The van der Waals surface area contributed by atoms with Crippen LogP contribution in [0.5, 0.6) is 11.5 Å². The number of carbonyl (C=O) groups is 1. The highest BCUT2D eigenvalue weighted by molar-refractivity contribution is 7.99. The van der Waals surface area contributed by atoms with E-state index >= 15 is 0 Å². The molecule has 0 aliphatic heterocycles. The van der Waals surface area contributed by atoms with Crippen molar-refractivity contribution in [2.45, 2.75) is 19.0 Å². The first-order valence-corrected chi connectivity index (χ1v) is 10.2. The van der Waals surface area contributed by atoms with Gasteiger partial charge >= 0.3 is 0 Å². The Hall–Kier alpha value is -3.07. The molecule has 3 aromatic rings. The van der Waals surface area contributed by atoms with E-state index < -0.39 is 0 Å². The zero-order valence-corrected chi connectivity index (χ0v) is 17.4. The highest BCUT2D eigenvalue weighted by Gasteiger charge is 2.14. The zero-order valence-electron chi connectivity index (χ0n) is 16.6. The molecule has 0 saturated carbocycles. The van der Waals surface area contributed by atoms with Gasteiger partial charge in [0.25, 0.3) is 0 Å². The summed E-state index contributed by atoms with van der Waals surface area (Å²) in [6, 6.07) is 9.09. The summed E-state index contributed by atoms with van der Waals surface area (Å²) in [4.78, 5) is 16.4. The minimum atomic E-state index is -0.143. The lowest BCUT2D eigenvalue weighted by molar-refractivity contribution is -0.113. The van der Waals surface area contributed by atoms with E-state index in [1.807, 2.05) is 37.6 Å². The molecule has 8 nitrogen and oxygen atoms in total. The molecule has 0 aliphatic rings. The van der Waals surface area contributed by atoms with Gasteiger partial charge in [-0.15, -0.1) is 10.2 Å². The van der Waals surface area contributed by atoms with Gasteiger partial charge in [-0.05, 0) is 38.1 Å². The number of benzene rings is 1. The van der Waals surface area contributed by atoms with Crippen molar-refractivity contribution in [3.63, 3.8) is 0 Å². The van der Waals surface area contributed by atoms with Gasteiger partial charge in [-0.1, -0.05) is 11.8 Å². The van der Waals surface area contributed by atoms with Gasteiger partial charge in [-0.2, -0.15) is 0 Å². The van der Waals surface area contributed by atoms with Crippen molar-refractivity contribution in [2.75, 3.05) is 24.3 Å². The Morgan fingerprint density at radius 3 is 2.52 bits per heavy atom. The second-order valence-corrected chi connectivity index (χ2v) is 6.91. The van der Waals surface area contributed by atoms with Gasteiger partial charge in [0.15, 0.2) is 22.5 Å². The molecule has 2 heterocycles. The molecule has 0 unspecified atom stereocenters. The second-order valence-electron chi connectivity index (χ2n) is 5.97. The van der Waals surface area contributed by atoms with Crippen LogP contribution in [0.1, 0.15) is 13.8 Å². The zero-order chi connectivity index (χ0) is 20.6. The predicted octanol–water partition coefficient (Wildman–Crippen LogP) is 3.41. The summed E-state index contributed by atoms with van der Waals surface area (Å²) in [7, 11) is 1.87. The summed E-state index contributed by atoms with van der Waals surface area (Å²) in [6.45, 7) is 4.87. The molecule has 0 spiro atoms. The van der Waals surface area contributed by atoms with E-state index in [9.17, 15) is 4.79 Å². The van der Waals surface area contributed by atoms with E-state index in [1.54, 1.807) is 30.6 Å².